The molecule has 1 aromatic rings. The summed E-state index contributed by atoms with van der Waals surface area (Å²) in [6.45, 7) is 5.93. The zero-order valence-electron chi connectivity index (χ0n) is 11.2. The predicted molar refractivity (Wildman–Crippen MR) is 69.3 cm³/mol. The van der Waals surface area contributed by atoms with E-state index in [1.807, 2.05) is 33.0 Å². The van der Waals surface area contributed by atoms with Crippen molar-refractivity contribution in [1.29, 1.82) is 0 Å². The van der Waals surface area contributed by atoms with E-state index in [0.29, 0.717) is 12.5 Å². The summed E-state index contributed by atoms with van der Waals surface area (Å²) in [4.78, 5) is 15.8. The monoisotopic (exact) mass is 248 g/mol. The Morgan fingerprint density at radius 2 is 2.17 bits per heavy atom. The molecule has 0 aliphatic heterocycles. The highest BCUT2D eigenvalue weighted by molar-refractivity contribution is 5.67. The van der Waals surface area contributed by atoms with Gasteiger partial charge in [0.15, 0.2) is 0 Å². The van der Waals surface area contributed by atoms with Crippen molar-refractivity contribution in [3.05, 3.63) is 29.6 Å². The molecule has 0 spiro atoms. The first kappa shape index (κ1) is 12.9. The molecule has 1 aromatic heterocycles. The van der Waals surface area contributed by atoms with Gasteiger partial charge in [-0.25, -0.2) is 4.79 Å². The van der Waals surface area contributed by atoms with E-state index < -0.39 is 11.7 Å². The summed E-state index contributed by atoms with van der Waals surface area (Å²) in [5, 5.41) is 2.70. The minimum atomic E-state index is -0.465. The van der Waals surface area contributed by atoms with Crippen LogP contribution in [0.2, 0.25) is 0 Å². The van der Waals surface area contributed by atoms with Gasteiger partial charge < -0.3 is 10.1 Å². The number of alkyl carbamates (subject to hydrolysis) is 1. The van der Waals surface area contributed by atoms with Crippen molar-refractivity contribution in [1.82, 2.24) is 10.3 Å². The van der Waals surface area contributed by atoms with E-state index in [4.69, 9.17) is 4.74 Å². The van der Waals surface area contributed by atoms with E-state index in [1.54, 1.807) is 0 Å². The standard InChI is InChI=1S/C14H20N2O2/c1-14(2,3)18-13(17)16-9-12-7-6-11(8-15-12)10-4-5-10/h6-8,10H,4-5,9H2,1-3H3,(H,16,17). The third kappa shape index (κ3) is 4.02. The lowest BCUT2D eigenvalue weighted by atomic mass is 10.2. The molecule has 0 atom stereocenters. The fourth-order valence-corrected chi connectivity index (χ4v) is 1.68. The normalized spacial score (nSPS) is 15.3. The van der Waals surface area contributed by atoms with E-state index >= 15 is 0 Å². The number of hydrogen-bond acceptors (Lipinski definition) is 3. The summed E-state index contributed by atoms with van der Waals surface area (Å²) in [6.07, 6.45) is 4.05. The number of nitrogens with zero attached hydrogens (tertiary/aromatic N) is 1. The van der Waals surface area contributed by atoms with Crippen LogP contribution in [-0.4, -0.2) is 16.7 Å². The van der Waals surface area contributed by atoms with E-state index in [-0.39, 0.29) is 0 Å². The van der Waals surface area contributed by atoms with Gasteiger partial charge >= 0.3 is 6.09 Å². The van der Waals surface area contributed by atoms with Crippen LogP contribution in [0.25, 0.3) is 0 Å². The maximum Gasteiger partial charge on any atom is 0.407 e. The van der Waals surface area contributed by atoms with Crippen LogP contribution in [0, 0.1) is 0 Å². The predicted octanol–water partition coefficient (Wildman–Crippen LogP) is 2.98. The zero-order valence-corrected chi connectivity index (χ0v) is 11.2. The van der Waals surface area contributed by atoms with E-state index in [0.717, 1.165) is 5.69 Å². The zero-order chi connectivity index (χ0) is 13.2. The van der Waals surface area contributed by atoms with Crippen molar-refractivity contribution < 1.29 is 9.53 Å². The highest BCUT2D eigenvalue weighted by atomic mass is 16.6. The summed E-state index contributed by atoms with van der Waals surface area (Å²) in [5.41, 5.74) is 1.69. The lowest BCUT2D eigenvalue weighted by Crippen LogP contribution is -2.32. The number of pyridine rings is 1. The average Bonchev–Trinajstić information content (AvgIpc) is 3.08. The second kappa shape index (κ2) is 4.96. The Morgan fingerprint density at radius 3 is 2.67 bits per heavy atom. The fourth-order valence-electron chi connectivity index (χ4n) is 1.68. The van der Waals surface area contributed by atoms with Crippen LogP contribution in [0.5, 0.6) is 0 Å². The molecule has 0 aromatic carbocycles. The molecule has 0 bridgehead atoms. The molecule has 4 heteroatoms. The number of nitrogens with one attached hydrogen (secondary N) is 1. The third-order valence-corrected chi connectivity index (χ3v) is 2.71. The molecule has 1 heterocycles. The summed E-state index contributed by atoms with van der Waals surface area (Å²) in [5.74, 6) is 0.713. The molecule has 18 heavy (non-hydrogen) atoms. The fraction of sp³-hybridized carbons (Fsp3) is 0.571. The van der Waals surface area contributed by atoms with Gasteiger partial charge in [0, 0.05) is 6.20 Å². The average molecular weight is 248 g/mol. The Hall–Kier alpha value is -1.58. The molecule has 0 saturated heterocycles. The van der Waals surface area contributed by atoms with Gasteiger partial charge in [0.25, 0.3) is 0 Å². The van der Waals surface area contributed by atoms with E-state index in [1.165, 1.54) is 18.4 Å². The number of amides is 1. The molecule has 1 fully saturated rings. The largest absolute Gasteiger partial charge is 0.444 e. The Kier molecular flexibility index (Phi) is 3.55. The summed E-state index contributed by atoms with van der Waals surface area (Å²) in [7, 11) is 0. The summed E-state index contributed by atoms with van der Waals surface area (Å²) in [6, 6.07) is 4.06. The van der Waals surface area contributed by atoms with Gasteiger partial charge in [0.05, 0.1) is 12.2 Å². The molecule has 0 radical (unpaired) electrons. The summed E-state index contributed by atoms with van der Waals surface area (Å²) < 4.78 is 5.15. The molecule has 2 rings (SSSR count). The third-order valence-electron chi connectivity index (χ3n) is 2.71. The van der Waals surface area contributed by atoms with Crippen LogP contribution >= 0.6 is 0 Å². The van der Waals surface area contributed by atoms with E-state index in [2.05, 4.69) is 16.4 Å². The van der Waals surface area contributed by atoms with Gasteiger partial charge in [-0.15, -0.1) is 0 Å². The molecule has 1 saturated carbocycles. The highest BCUT2D eigenvalue weighted by Gasteiger charge is 2.23. The first-order chi connectivity index (χ1) is 8.44. The Bertz CT molecular complexity index is 416. The van der Waals surface area contributed by atoms with Crippen molar-refractivity contribution in [2.45, 2.75) is 51.7 Å². The quantitative estimate of drug-likeness (QED) is 0.894. The van der Waals surface area contributed by atoms with Crippen molar-refractivity contribution >= 4 is 6.09 Å². The first-order valence-corrected chi connectivity index (χ1v) is 6.36. The van der Waals surface area contributed by atoms with Crippen LogP contribution < -0.4 is 5.32 Å². The first-order valence-electron chi connectivity index (χ1n) is 6.36. The van der Waals surface area contributed by atoms with Crippen LogP contribution in [-0.2, 0) is 11.3 Å². The lowest BCUT2D eigenvalue weighted by molar-refractivity contribution is 0.0523. The molecular formula is C14H20N2O2. The molecular weight excluding hydrogens is 228 g/mol. The molecule has 98 valence electrons. The number of aromatic nitrogens is 1. The second-order valence-electron chi connectivity index (χ2n) is 5.71. The van der Waals surface area contributed by atoms with Crippen LogP contribution in [0.1, 0.15) is 50.8 Å². The van der Waals surface area contributed by atoms with Crippen molar-refractivity contribution in [2.75, 3.05) is 0 Å². The Balaban J connectivity index is 1.80. The number of carbonyl (C=O) groups is 1. The number of hydrogen-bond donors (Lipinski definition) is 1. The molecule has 1 aliphatic rings. The summed E-state index contributed by atoms with van der Waals surface area (Å²) >= 11 is 0. The van der Waals surface area contributed by atoms with Gasteiger partial charge in [-0.2, -0.15) is 0 Å². The molecule has 4 nitrogen and oxygen atoms in total. The molecule has 1 amide bonds. The maximum absolute atomic E-state index is 11.5. The van der Waals surface area contributed by atoms with Gasteiger partial charge in [-0.3, -0.25) is 4.98 Å². The Labute approximate surface area is 108 Å². The van der Waals surface area contributed by atoms with Gasteiger partial charge in [0.1, 0.15) is 5.60 Å². The minimum absolute atomic E-state index is 0.403. The van der Waals surface area contributed by atoms with Gasteiger partial charge in [-0.05, 0) is 51.2 Å². The van der Waals surface area contributed by atoms with Crippen LogP contribution in [0.15, 0.2) is 18.3 Å². The van der Waals surface area contributed by atoms with Crippen molar-refractivity contribution in [3.63, 3.8) is 0 Å². The van der Waals surface area contributed by atoms with Crippen molar-refractivity contribution in [3.8, 4) is 0 Å². The molecule has 1 aliphatic carbocycles. The van der Waals surface area contributed by atoms with Gasteiger partial charge in [-0.1, -0.05) is 6.07 Å². The number of rotatable bonds is 3. The van der Waals surface area contributed by atoms with E-state index in [9.17, 15) is 4.79 Å². The Morgan fingerprint density at radius 1 is 1.44 bits per heavy atom. The molecule has 1 N–H and O–H groups in total. The smallest absolute Gasteiger partial charge is 0.407 e. The molecule has 0 unspecified atom stereocenters. The topological polar surface area (TPSA) is 51.2 Å². The van der Waals surface area contributed by atoms with Crippen molar-refractivity contribution in [2.24, 2.45) is 0 Å². The van der Waals surface area contributed by atoms with Gasteiger partial charge in [0.2, 0.25) is 0 Å². The number of ether oxygens (including phenoxy) is 1. The second-order valence-corrected chi connectivity index (χ2v) is 5.71. The SMILES string of the molecule is CC(C)(C)OC(=O)NCc1ccc(C2CC2)cn1. The number of carbonyl (C=O) groups excluding carboxylic acids is 1. The van der Waals surface area contributed by atoms with Crippen LogP contribution in [0.4, 0.5) is 4.79 Å². The van der Waals surface area contributed by atoms with Crippen LogP contribution in [0.3, 0.4) is 0 Å². The lowest BCUT2D eigenvalue weighted by Gasteiger charge is -2.19. The highest BCUT2D eigenvalue weighted by Crippen LogP contribution is 2.39. The minimum Gasteiger partial charge on any atom is -0.444 e. The maximum atomic E-state index is 11.5.